The summed E-state index contributed by atoms with van der Waals surface area (Å²) in [7, 11) is 0. The van der Waals surface area contributed by atoms with Gasteiger partial charge in [0, 0.05) is 48.1 Å². The molecule has 2 aliphatic rings. The van der Waals surface area contributed by atoms with Gasteiger partial charge in [-0.2, -0.15) is 9.35 Å². The standard InChI is InChI=1S/C28H26N8O4/c1-15(2)33-25(37)21(11-17-13-31-19-7-5-9-29-23(17)19)35(27(33)39)36-22(26(38)34(16(3)4)28(36)40)12-18-14-32-20-8-6-10-30-24(18)20/h5-16,37-38H,1-4H3. The van der Waals surface area contributed by atoms with Crippen LogP contribution in [0.3, 0.4) is 0 Å². The summed E-state index contributed by atoms with van der Waals surface area (Å²) in [5, 5.41) is 22.6. The predicted octanol–water partition coefficient (Wildman–Crippen LogP) is 3.80. The first-order valence-electron chi connectivity index (χ1n) is 12.7. The van der Waals surface area contributed by atoms with Gasteiger partial charge < -0.3 is 10.2 Å². The highest BCUT2D eigenvalue weighted by atomic mass is 16.3. The Hall–Kier alpha value is -5.26. The number of nitrogens with zero attached hydrogens (tertiary/aromatic N) is 8. The fraction of sp³-hybridized carbons (Fsp3) is 0.214. The molecule has 4 aromatic rings. The van der Waals surface area contributed by atoms with Crippen molar-refractivity contribution in [2.24, 2.45) is 9.98 Å². The first-order chi connectivity index (χ1) is 19.2. The van der Waals surface area contributed by atoms with Gasteiger partial charge in [0.1, 0.15) is 11.4 Å². The van der Waals surface area contributed by atoms with Gasteiger partial charge in [0.25, 0.3) is 0 Å². The molecule has 2 N–H and O–H groups in total. The van der Waals surface area contributed by atoms with Crippen LogP contribution in [0.4, 0.5) is 11.4 Å². The topological polar surface area (TPSA) is 145 Å². The highest BCUT2D eigenvalue weighted by molar-refractivity contribution is 6.21. The molecule has 202 valence electrons. The van der Waals surface area contributed by atoms with E-state index in [4.69, 9.17) is 0 Å². The Kier molecular flexibility index (Phi) is 5.75. The molecule has 0 bridgehead atoms. The number of rotatable bonds is 5. The molecule has 40 heavy (non-hydrogen) atoms. The van der Waals surface area contributed by atoms with Crippen LogP contribution in [-0.4, -0.2) is 51.1 Å². The number of hydrogen-bond donors (Lipinski definition) is 2. The lowest BCUT2D eigenvalue weighted by Crippen LogP contribution is -2.38. The van der Waals surface area contributed by atoms with E-state index in [1.165, 1.54) is 9.13 Å². The lowest BCUT2D eigenvalue weighted by molar-refractivity contribution is 0.393. The Morgan fingerprint density at radius 1 is 0.700 bits per heavy atom. The summed E-state index contributed by atoms with van der Waals surface area (Å²) >= 11 is 0. The quantitative estimate of drug-likeness (QED) is 0.395. The molecular formula is C28H26N8O4. The van der Waals surface area contributed by atoms with E-state index < -0.39 is 23.5 Å². The summed E-state index contributed by atoms with van der Waals surface area (Å²) in [6, 6.07) is 6.25. The fourth-order valence-electron chi connectivity index (χ4n) is 4.95. The number of aromatic nitrogens is 6. The molecule has 0 saturated heterocycles. The van der Waals surface area contributed by atoms with E-state index in [9.17, 15) is 19.8 Å². The van der Waals surface area contributed by atoms with Crippen LogP contribution >= 0.6 is 0 Å². The van der Waals surface area contributed by atoms with Crippen molar-refractivity contribution in [3.63, 3.8) is 0 Å². The lowest BCUT2D eigenvalue weighted by atomic mass is 10.1. The highest BCUT2D eigenvalue weighted by Crippen LogP contribution is 2.35. The molecule has 0 spiro atoms. The predicted molar refractivity (Wildman–Crippen MR) is 153 cm³/mol. The van der Waals surface area contributed by atoms with E-state index in [-0.39, 0.29) is 23.1 Å². The van der Waals surface area contributed by atoms with E-state index in [0.29, 0.717) is 33.9 Å². The summed E-state index contributed by atoms with van der Waals surface area (Å²) in [6.45, 7) is 6.99. The largest absolute Gasteiger partial charge is 0.493 e. The highest BCUT2D eigenvalue weighted by Gasteiger charge is 2.29. The first kappa shape index (κ1) is 25.0. The maximum absolute atomic E-state index is 13.9. The Labute approximate surface area is 227 Å². The number of fused-ring (bicyclic) bond motifs is 2. The zero-order valence-corrected chi connectivity index (χ0v) is 22.2. The number of aliphatic imine (C=N–C) groups is 2. The maximum atomic E-state index is 13.9. The van der Waals surface area contributed by atoms with Crippen LogP contribution < -0.4 is 11.4 Å². The number of hydrogen-bond acceptors (Lipinski definition) is 8. The van der Waals surface area contributed by atoms with Gasteiger partial charge in [-0.05, 0) is 64.1 Å². The number of allylic oxidation sites excluding steroid dienone is 2. The first-order valence-corrected chi connectivity index (χ1v) is 12.7. The monoisotopic (exact) mass is 538 g/mol. The minimum atomic E-state index is -0.670. The van der Waals surface area contributed by atoms with Crippen molar-refractivity contribution >= 4 is 47.1 Å². The molecule has 0 unspecified atom stereocenters. The fourth-order valence-corrected chi connectivity index (χ4v) is 4.95. The summed E-state index contributed by atoms with van der Waals surface area (Å²) in [6.07, 6.45) is 9.52. The Bertz CT molecular complexity index is 1790. The van der Waals surface area contributed by atoms with Gasteiger partial charge >= 0.3 is 11.4 Å². The van der Waals surface area contributed by atoms with Crippen LogP contribution in [-0.2, 0) is 0 Å². The second-order valence-electron chi connectivity index (χ2n) is 9.99. The molecule has 0 radical (unpaired) electrons. The molecule has 2 aliphatic heterocycles. The molecule has 0 fully saturated rings. The molecule has 0 atom stereocenters. The van der Waals surface area contributed by atoms with Gasteiger partial charge in [0.05, 0.1) is 22.8 Å². The van der Waals surface area contributed by atoms with Gasteiger partial charge in [0.2, 0.25) is 11.8 Å². The summed E-state index contributed by atoms with van der Waals surface area (Å²) < 4.78 is 4.49. The van der Waals surface area contributed by atoms with Crippen molar-refractivity contribution in [3.8, 4) is 11.8 Å². The van der Waals surface area contributed by atoms with Crippen LogP contribution in [0.25, 0.3) is 23.3 Å². The lowest BCUT2D eigenvalue weighted by Gasteiger charge is -2.08. The molecule has 6 heterocycles. The summed E-state index contributed by atoms with van der Waals surface area (Å²) in [5.41, 5.74) is 2.23. The molecule has 4 aromatic heterocycles. The van der Waals surface area contributed by atoms with E-state index in [1.54, 1.807) is 88.9 Å². The van der Waals surface area contributed by atoms with Crippen molar-refractivity contribution in [2.75, 3.05) is 0 Å². The molecule has 0 amide bonds. The van der Waals surface area contributed by atoms with Crippen molar-refractivity contribution in [1.82, 2.24) is 28.5 Å². The summed E-state index contributed by atoms with van der Waals surface area (Å²) in [5.74, 6) is -0.691. The normalized spacial score (nSPS) is 15.8. The molecule has 0 saturated carbocycles. The van der Waals surface area contributed by atoms with Gasteiger partial charge in [0.15, 0.2) is 0 Å². The summed E-state index contributed by atoms with van der Waals surface area (Å²) in [4.78, 5) is 45.3. The second kappa shape index (κ2) is 9.19. The third-order valence-electron chi connectivity index (χ3n) is 6.77. The minimum Gasteiger partial charge on any atom is -0.493 e. The number of aromatic hydroxyl groups is 2. The number of imidazole rings is 2. The van der Waals surface area contributed by atoms with Gasteiger partial charge in [-0.1, -0.05) is 0 Å². The van der Waals surface area contributed by atoms with Crippen LogP contribution in [0.15, 0.2) is 56.2 Å². The van der Waals surface area contributed by atoms with Crippen LogP contribution in [0.2, 0.25) is 0 Å². The smallest absolute Gasteiger partial charge is 0.351 e. The molecule has 12 heteroatoms. The van der Waals surface area contributed by atoms with Gasteiger partial charge in [-0.3, -0.25) is 29.1 Å². The van der Waals surface area contributed by atoms with Gasteiger partial charge in [-0.15, -0.1) is 0 Å². The Morgan fingerprint density at radius 3 is 1.48 bits per heavy atom. The Balaban J connectivity index is 1.67. The van der Waals surface area contributed by atoms with Crippen molar-refractivity contribution < 1.29 is 10.2 Å². The molecule has 6 rings (SSSR count). The van der Waals surface area contributed by atoms with E-state index >= 15 is 0 Å². The maximum Gasteiger partial charge on any atom is 0.351 e. The molecule has 0 aromatic carbocycles. The average Bonchev–Trinajstić information content (AvgIpc) is 3.64. The third kappa shape index (κ3) is 3.67. The SMILES string of the molecule is CC(C)n1c(O)c(C=C2C=Nc3cccnc32)n(-n2c(C=C3C=Nc4cccnc43)c(O)n(C(C)C)c2=O)c1=O. The second-order valence-corrected chi connectivity index (χ2v) is 9.99. The molecule has 0 aliphatic carbocycles. The molecular weight excluding hydrogens is 512 g/mol. The average molecular weight is 539 g/mol. The third-order valence-corrected chi connectivity index (χ3v) is 6.77. The van der Waals surface area contributed by atoms with Crippen LogP contribution in [0.5, 0.6) is 11.8 Å². The minimum absolute atomic E-state index is 0.0277. The Morgan fingerprint density at radius 2 is 1.10 bits per heavy atom. The van der Waals surface area contributed by atoms with Gasteiger partial charge in [-0.25, -0.2) is 9.59 Å². The van der Waals surface area contributed by atoms with Crippen molar-refractivity contribution in [1.29, 1.82) is 0 Å². The van der Waals surface area contributed by atoms with Crippen molar-refractivity contribution in [2.45, 2.75) is 39.8 Å². The van der Waals surface area contributed by atoms with E-state index in [2.05, 4.69) is 20.0 Å². The van der Waals surface area contributed by atoms with E-state index in [1.807, 2.05) is 0 Å². The molecule has 12 nitrogen and oxygen atoms in total. The van der Waals surface area contributed by atoms with E-state index in [0.717, 1.165) is 9.35 Å². The van der Waals surface area contributed by atoms with Crippen molar-refractivity contribution in [3.05, 3.63) is 80.4 Å². The number of pyridine rings is 2. The zero-order valence-electron chi connectivity index (χ0n) is 22.2. The van der Waals surface area contributed by atoms with Crippen LogP contribution in [0, 0.1) is 0 Å². The zero-order chi connectivity index (χ0) is 28.3. The van der Waals surface area contributed by atoms with Crippen LogP contribution in [0.1, 0.15) is 62.6 Å².